The molecule has 3 rings (SSSR count). The molecule has 7 nitrogen and oxygen atoms in total. The smallest absolute Gasteiger partial charge is 0.278 e. The summed E-state index contributed by atoms with van der Waals surface area (Å²) in [6, 6.07) is 13.8. The van der Waals surface area contributed by atoms with Crippen molar-refractivity contribution in [3.05, 3.63) is 75.1 Å². The molecule has 168 valence electrons. The number of benzene rings is 2. The van der Waals surface area contributed by atoms with E-state index in [0.29, 0.717) is 5.56 Å². The van der Waals surface area contributed by atoms with Gasteiger partial charge in [0, 0.05) is 7.05 Å². The number of ether oxygens (including phenoxy) is 2. The molecule has 1 amide bonds. The zero-order valence-corrected chi connectivity index (χ0v) is 19.0. The van der Waals surface area contributed by atoms with Crippen molar-refractivity contribution >= 4 is 5.91 Å². The molecule has 0 spiro atoms. The van der Waals surface area contributed by atoms with Crippen molar-refractivity contribution in [2.45, 2.75) is 40.2 Å². The molecule has 0 bridgehead atoms. The van der Waals surface area contributed by atoms with Crippen LogP contribution in [0.15, 0.2) is 47.3 Å². The van der Waals surface area contributed by atoms with Crippen LogP contribution >= 0.6 is 0 Å². The Balaban J connectivity index is 2.26. The summed E-state index contributed by atoms with van der Waals surface area (Å²) in [5, 5.41) is 4.22. The lowest BCUT2D eigenvalue weighted by atomic mass is 9.90. The summed E-state index contributed by atoms with van der Waals surface area (Å²) in [5.41, 5.74) is 10.3. The highest BCUT2D eigenvalue weighted by Crippen LogP contribution is 2.39. The molecule has 0 atom stereocenters. The van der Waals surface area contributed by atoms with Gasteiger partial charge in [0.25, 0.3) is 17.3 Å². The molecule has 0 aliphatic carbocycles. The Morgan fingerprint density at radius 2 is 1.66 bits per heavy atom. The number of primary amides is 1. The largest absolute Gasteiger partial charge is 0.482 e. The molecule has 2 aromatic carbocycles. The van der Waals surface area contributed by atoms with Crippen LogP contribution in [0.5, 0.6) is 11.6 Å². The summed E-state index contributed by atoms with van der Waals surface area (Å²) in [5.74, 6) is -0.372. The Hall–Kier alpha value is -3.61. The maximum absolute atomic E-state index is 13.4. The van der Waals surface area contributed by atoms with Gasteiger partial charge < -0.3 is 15.2 Å². The van der Waals surface area contributed by atoms with E-state index in [1.165, 1.54) is 4.68 Å². The average molecular weight is 436 g/mol. The highest BCUT2D eigenvalue weighted by atomic mass is 16.5. The molecule has 32 heavy (non-hydrogen) atoms. The van der Waals surface area contributed by atoms with Crippen molar-refractivity contribution in [1.82, 2.24) is 9.78 Å². The summed E-state index contributed by atoms with van der Waals surface area (Å²) < 4.78 is 12.9. The molecule has 0 saturated carbocycles. The highest BCUT2D eigenvalue weighted by Gasteiger charge is 2.25. The van der Waals surface area contributed by atoms with E-state index < -0.39 is 5.91 Å². The third-order valence-electron chi connectivity index (χ3n) is 5.20. The van der Waals surface area contributed by atoms with Gasteiger partial charge in [-0.3, -0.25) is 9.59 Å². The minimum Gasteiger partial charge on any atom is -0.482 e. The third kappa shape index (κ3) is 4.99. The van der Waals surface area contributed by atoms with Crippen LogP contribution in [-0.4, -0.2) is 22.3 Å². The summed E-state index contributed by atoms with van der Waals surface area (Å²) in [6.07, 6.45) is 1.48. The predicted molar refractivity (Wildman–Crippen MR) is 124 cm³/mol. The maximum Gasteiger partial charge on any atom is 0.278 e. The van der Waals surface area contributed by atoms with Gasteiger partial charge in [0.15, 0.2) is 12.4 Å². The first kappa shape index (κ1) is 23.1. The fraction of sp³-hybridized carbons (Fsp3) is 0.320. The van der Waals surface area contributed by atoms with Gasteiger partial charge in [0.2, 0.25) is 0 Å². The molecule has 1 aromatic heterocycles. The summed E-state index contributed by atoms with van der Waals surface area (Å²) >= 11 is 0. The Bertz CT molecular complexity index is 1140. The lowest BCUT2D eigenvalue weighted by Gasteiger charge is -2.20. The zero-order valence-electron chi connectivity index (χ0n) is 19.0. The highest BCUT2D eigenvalue weighted by molar-refractivity contribution is 5.79. The van der Waals surface area contributed by atoms with Crippen molar-refractivity contribution in [3.63, 3.8) is 0 Å². The van der Waals surface area contributed by atoms with Gasteiger partial charge in [-0.25, -0.2) is 4.68 Å². The number of nitrogens with zero attached hydrogens (tertiary/aromatic N) is 2. The fourth-order valence-electron chi connectivity index (χ4n) is 3.73. The monoisotopic (exact) mass is 435 g/mol. The summed E-state index contributed by atoms with van der Waals surface area (Å²) in [4.78, 5) is 24.8. The first-order chi connectivity index (χ1) is 15.3. The van der Waals surface area contributed by atoms with E-state index in [0.717, 1.165) is 40.7 Å². The van der Waals surface area contributed by atoms with Gasteiger partial charge >= 0.3 is 0 Å². The Morgan fingerprint density at radius 1 is 1.03 bits per heavy atom. The van der Waals surface area contributed by atoms with Crippen molar-refractivity contribution in [2.24, 2.45) is 12.8 Å². The fourth-order valence-corrected chi connectivity index (χ4v) is 3.73. The molecule has 0 fully saturated rings. The van der Waals surface area contributed by atoms with Gasteiger partial charge in [-0.15, -0.1) is 5.10 Å². The summed E-state index contributed by atoms with van der Waals surface area (Å²) in [6.45, 7) is 5.99. The molecule has 0 unspecified atom stereocenters. The van der Waals surface area contributed by atoms with Crippen molar-refractivity contribution in [2.75, 3.05) is 6.61 Å². The Morgan fingerprint density at radius 3 is 2.22 bits per heavy atom. The van der Waals surface area contributed by atoms with Crippen LogP contribution in [0.2, 0.25) is 0 Å². The SMILES string of the molecule is CCc1cc(C)cc(CC)c1-c1c(OCc2ccccc2)c(OCC(N)=O)nn(C)c1=O. The second-order valence-electron chi connectivity index (χ2n) is 7.63. The number of hydrogen-bond acceptors (Lipinski definition) is 5. The van der Waals surface area contributed by atoms with E-state index >= 15 is 0 Å². The molecule has 0 aliphatic rings. The van der Waals surface area contributed by atoms with Crippen LogP contribution < -0.4 is 20.8 Å². The average Bonchev–Trinajstić information content (AvgIpc) is 2.78. The minimum atomic E-state index is -0.643. The molecule has 7 heteroatoms. The lowest BCUT2D eigenvalue weighted by molar-refractivity contribution is -0.120. The van der Waals surface area contributed by atoms with E-state index in [1.807, 2.05) is 37.3 Å². The predicted octanol–water partition coefficient (Wildman–Crippen LogP) is 3.32. The van der Waals surface area contributed by atoms with Gasteiger partial charge in [0.1, 0.15) is 6.61 Å². The normalized spacial score (nSPS) is 10.8. The van der Waals surface area contributed by atoms with Crippen LogP contribution in [0, 0.1) is 6.92 Å². The van der Waals surface area contributed by atoms with Gasteiger partial charge in [0.05, 0.1) is 5.56 Å². The zero-order chi connectivity index (χ0) is 23.3. The van der Waals surface area contributed by atoms with Crippen LogP contribution in [0.1, 0.15) is 36.1 Å². The topological polar surface area (TPSA) is 96.4 Å². The number of carbonyl (C=O) groups is 1. The second kappa shape index (κ2) is 10.1. The second-order valence-corrected chi connectivity index (χ2v) is 7.63. The van der Waals surface area contributed by atoms with Crippen LogP contribution in [0.25, 0.3) is 11.1 Å². The van der Waals surface area contributed by atoms with Crippen molar-refractivity contribution in [3.8, 4) is 22.8 Å². The molecular formula is C25H29N3O4. The van der Waals surface area contributed by atoms with E-state index in [-0.39, 0.29) is 30.4 Å². The number of aryl methyl sites for hydroxylation is 4. The quantitative estimate of drug-likeness (QED) is 0.556. The Kier molecular flexibility index (Phi) is 7.30. The molecule has 0 aliphatic heterocycles. The number of hydrogen-bond donors (Lipinski definition) is 1. The number of rotatable bonds is 9. The standard InChI is InChI=1S/C25H29N3O4/c1-5-18-12-16(3)13-19(6-2)21(18)22-23(31-14-17-10-8-7-9-11-17)24(32-15-20(26)29)27-28(4)25(22)30/h7-13H,5-6,14-15H2,1-4H3,(H2,26,29). The maximum atomic E-state index is 13.4. The number of aromatic nitrogens is 2. The third-order valence-corrected chi connectivity index (χ3v) is 5.20. The first-order valence-corrected chi connectivity index (χ1v) is 10.7. The number of amides is 1. The van der Waals surface area contributed by atoms with E-state index in [1.54, 1.807) is 7.05 Å². The lowest BCUT2D eigenvalue weighted by Crippen LogP contribution is -2.26. The van der Waals surface area contributed by atoms with E-state index in [9.17, 15) is 9.59 Å². The molecule has 2 N–H and O–H groups in total. The molecular weight excluding hydrogens is 406 g/mol. The van der Waals surface area contributed by atoms with Crippen LogP contribution in [0.3, 0.4) is 0 Å². The summed E-state index contributed by atoms with van der Waals surface area (Å²) in [7, 11) is 1.55. The molecule has 1 heterocycles. The van der Waals surface area contributed by atoms with Crippen LogP contribution in [0.4, 0.5) is 0 Å². The van der Waals surface area contributed by atoms with Crippen LogP contribution in [-0.2, 0) is 31.3 Å². The Labute approximate surface area is 187 Å². The molecule has 0 saturated heterocycles. The van der Waals surface area contributed by atoms with E-state index in [4.69, 9.17) is 15.2 Å². The minimum absolute atomic E-state index is 0.0570. The van der Waals surface area contributed by atoms with Crippen molar-refractivity contribution < 1.29 is 14.3 Å². The van der Waals surface area contributed by atoms with Crippen molar-refractivity contribution in [1.29, 1.82) is 0 Å². The van der Waals surface area contributed by atoms with E-state index in [2.05, 4.69) is 31.1 Å². The van der Waals surface area contributed by atoms with Gasteiger partial charge in [-0.05, 0) is 42.0 Å². The molecule has 0 radical (unpaired) electrons. The first-order valence-electron chi connectivity index (χ1n) is 10.7. The molecule has 3 aromatic rings. The number of nitrogens with two attached hydrogens (primary N) is 1. The number of carbonyl (C=O) groups excluding carboxylic acids is 1. The van der Waals surface area contributed by atoms with Gasteiger partial charge in [-0.2, -0.15) is 0 Å². The van der Waals surface area contributed by atoms with Gasteiger partial charge in [-0.1, -0.05) is 61.9 Å².